The number of amides is 1. The topological polar surface area (TPSA) is 45.7 Å². The van der Waals surface area contributed by atoms with Gasteiger partial charge in [-0.3, -0.25) is 14.7 Å². The zero-order valence-electron chi connectivity index (χ0n) is 16.8. The van der Waals surface area contributed by atoms with Crippen LogP contribution < -0.4 is 0 Å². The Labute approximate surface area is 163 Å². The zero-order chi connectivity index (χ0) is 19.1. The first kappa shape index (κ1) is 20.0. The molecule has 1 amide bonds. The van der Waals surface area contributed by atoms with Crippen LogP contribution in [0.1, 0.15) is 51.6 Å². The highest BCUT2D eigenvalue weighted by atomic mass is 16.5. The molecular weight excluding hydrogens is 338 g/mol. The van der Waals surface area contributed by atoms with Crippen LogP contribution in [0, 0.1) is 0 Å². The van der Waals surface area contributed by atoms with Gasteiger partial charge in [-0.15, -0.1) is 0 Å². The maximum atomic E-state index is 13.0. The monoisotopic (exact) mass is 371 g/mol. The molecular formula is C22H33N3O2. The summed E-state index contributed by atoms with van der Waals surface area (Å²) in [5.41, 5.74) is 2.22. The Morgan fingerprint density at radius 2 is 2.04 bits per heavy atom. The minimum absolute atomic E-state index is 0.0194. The summed E-state index contributed by atoms with van der Waals surface area (Å²) in [4.78, 5) is 21.7. The van der Waals surface area contributed by atoms with Crippen LogP contribution in [0.15, 0.2) is 36.0 Å². The number of nitrogens with zero attached hydrogens (tertiary/aromatic N) is 3. The normalized spacial score (nSPS) is 22.5. The van der Waals surface area contributed by atoms with Crippen LogP contribution >= 0.6 is 0 Å². The lowest BCUT2D eigenvalue weighted by Gasteiger charge is -2.35. The molecule has 0 bridgehead atoms. The average Bonchev–Trinajstić information content (AvgIpc) is 2.85. The Morgan fingerprint density at radius 1 is 1.22 bits per heavy atom. The molecule has 1 aliphatic heterocycles. The van der Waals surface area contributed by atoms with Gasteiger partial charge in [0.2, 0.25) is 5.91 Å². The maximum absolute atomic E-state index is 13.0. The predicted octanol–water partition coefficient (Wildman–Crippen LogP) is 3.41. The van der Waals surface area contributed by atoms with E-state index in [0.717, 1.165) is 31.6 Å². The fourth-order valence-corrected chi connectivity index (χ4v) is 4.00. The van der Waals surface area contributed by atoms with Gasteiger partial charge in [0.25, 0.3) is 0 Å². The smallest absolute Gasteiger partial charge is 0.237 e. The number of aromatic nitrogens is 1. The molecule has 148 valence electrons. The number of ether oxygens (including phenoxy) is 1. The Balaban J connectivity index is 1.69. The standard InChI is InChI=1S/C22H33N3O2/c1-18(2)11-13-24-14-21(27-17-19-8-6-7-12-23-19)15-25(22(26)16-24)20-9-4-3-5-10-20/h6-8,11-12,20-21H,3-5,9-10,13-17H2,1-2H3/t21-/m1/s1. The van der Waals surface area contributed by atoms with Crippen molar-refractivity contribution in [1.29, 1.82) is 0 Å². The van der Waals surface area contributed by atoms with Gasteiger partial charge in [-0.05, 0) is 38.8 Å². The molecule has 0 unspecified atom stereocenters. The molecule has 2 heterocycles. The summed E-state index contributed by atoms with van der Waals surface area (Å²) in [5, 5.41) is 0. The molecule has 0 spiro atoms. The molecule has 2 aliphatic rings. The number of hydrogen-bond donors (Lipinski definition) is 0. The number of carbonyl (C=O) groups excluding carboxylic acids is 1. The van der Waals surface area contributed by atoms with Crippen molar-refractivity contribution in [2.24, 2.45) is 0 Å². The van der Waals surface area contributed by atoms with E-state index in [0.29, 0.717) is 25.7 Å². The van der Waals surface area contributed by atoms with Crippen molar-refractivity contribution in [3.63, 3.8) is 0 Å². The highest BCUT2D eigenvalue weighted by Gasteiger charge is 2.32. The lowest BCUT2D eigenvalue weighted by molar-refractivity contribution is -0.134. The molecule has 5 heteroatoms. The first-order valence-corrected chi connectivity index (χ1v) is 10.3. The van der Waals surface area contributed by atoms with Crippen molar-refractivity contribution in [2.75, 3.05) is 26.2 Å². The van der Waals surface area contributed by atoms with Crippen molar-refractivity contribution in [3.05, 3.63) is 41.7 Å². The van der Waals surface area contributed by atoms with Crippen LogP contribution in [0.25, 0.3) is 0 Å². The van der Waals surface area contributed by atoms with E-state index in [4.69, 9.17) is 4.74 Å². The van der Waals surface area contributed by atoms with Crippen LogP contribution in [0.2, 0.25) is 0 Å². The number of rotatable bonds is 6. The third-order valence-corrected chi connectivity index (χ3v) is 5.51. The molecule has 27 heavy (non-hydrogen) atoms. The first-order chi connectivity index (χ1) is 13.1. The molecule has 0 radical (unpaired) electrons. The molecule has 2 fully saturated rings. The van der Waals surface area contributed by atoms with Crippen molar-refractivity contribution in [2.45, 2.75) is 64.7 Å². The van der Waals surface area contributed by atoms with E-state index in [1.807, 2.05) is 18.2 Å². The van der Waals surface area contributed by atoms with Crippen LogP contribution in [0.4, 0.5) is 0 Å². The summed E-state index contributed by atoms with van der Waals surface area (Å²) in [7, 11) is 0. The van der Waals surface area contributed by atoms with Crippen LogP contribution in [-0.4, -0.2) is 59.0 Å². The van der Waals surface area contributed by atoms with E-state index in [1.54, 1.807) is 6.20 Å². The van der Waals surface area contributed by atoms with Gasteiger partial charge in [0.15, 0.2) is 0 Å². The van der Waals surface area contributed by atoms with Crippen molar-refractivity contribution in [1.82, 2.24) is 14.8 Å². The maximum Gasteiger partial charge on any atom is 0.237 e. The first-order valence-electron chi connectivity index (χ1n) is 10.3. The molecule has 3 rings (SSSR count). The van der Waals surface area contributed by atoms with E-state index in [2.05, 4.69) is 34.7 Å². The van der Waals surface area contributed by atoms with Gasteiger partial charge in [-0.2, -0.15) is 0 Å². The van der Waals surface area contributed by atoms with Gasteiger partial charge in [-0.1, -0.05) is 37.0 Å². The zero-order valence-corrected chi connectivity index (χ0v) is 16.8. The van der Waals surface area contributed by atoms with Crippen molar-refractivity contribution < 1.29 is 9.53 Å². The van der Waals surface area contributed by atoms with Crippen molar-refractivity contribution >= 4 is 5.91 Å². The molecule has 1 saturated carbocycles. The minimum Gasteiger partial charge on any atom is -0.369 e. The lowest BCUT2D eigenvalue weighted by Crippen LogP contribution is -2.45. The fourth-order valence-electron chi connectivity index (χ4n) is 4.00. The molecule has 1 saturated heterocycles. The molecule has 5 nitrogen and oxygen atoms in total. The Hall–Kier alpha value is -1.72. The van der Waals surface area contributed by atoms with Gasteiger partial charge < -0.3 is 9.64 Å². The number of carbonyl (C=O) groups is 1. The second kappa shape index (κ2) is 10.00. The Morgan fingerprint density at radius 3 is 2.74 bits per heavy atom. The molecule has 0 aromatic carbocycles. The number of pyridine rings is 1. The van der Waals surface area contributed by atoms with E-state index >= 15 is 0 Å². The number of allylic oxidation sites excluding steroid dienone is 1. The van der Waals surface area contributed by atoms with Gasteiger partial charge in [0, 0.05) is 31.9 Å². The molecule has 0 N–H and O–H groups in total. The summed E-state index contributed by atoms with van der Waals surface area (Å²) in [5.74, 6) is 0.257. The Kier molecular flexibility index (Phi) is 7.41. The quantitative estimate of drug-likeness (QED) is 0.719. The predicted molar refractivity (Wildman–Crippen MR) is 107 cm³/mol. The summed E-state index contributed by atoms with van der Waals surface area (Å²) in [6.07, 6.45) is 10.0. The minimum atomic E-state index is 0.0194. The van der Waals surface area contributed by atoms with Gasteiger partial charge >= 0.3 is 0 Å². The van der Waals surface area contributed by atoms with Crippen LogP contribution in [-0.2, 0) is 16.1 Å². The molecule has 1 aromatic rings. The van der Waals surface area contributed by atoms with E-state index in [9.17, 15) is 4.79 Å². The average molecular weight is 372 g/mol. The largest absolute Gasteiger partial charge is 0.369 e. The SMILES string of the molecule is CC(C)=CCN1CC(=O)N(C2CCCCC2)C[C@H](OCc2ccccn2)C1. The molecule has 1 aromatic heterocycles. The second-order valence-electron chi connectivity index (χ2n) is 8.07. The molecule has 1 atom stereocenters. The highest BCUT2D eigenvalue weighted by molar-refractivity contribution is 5.79. The highest BCUT2D eigenvalue weighted by Crippen LogP contribution is 2.25. The fraction of sp³-hybridized carbons (Fsp3) is 0.636. The third-order valence-electron chi connectivity index (χ3n) is 5.51. The van der Waals surface area contributed by atoms with E-state index < -0.39 is 0 Å². The van der Waals surface area contributed by atoms with E-state index in [1.165, 1.54) is 24.8 Å². The second-order valence-corrected chi connectivity index (χ2v) is 8.07. The molecule has 1 aliphatic carbocycles. The lowest BCUT2D eigenvalue weighted by atomic mass is 9.94. The van der Waals surface area contributed by atoms with E-state index in [-0.39, 0.29) is 12.0 Å². The van der Waals surface area contributed by atoms with Crippen LogP contribution in [0.3, 0.4) is 0 Å². The van der Waals surface area contributed by atoms with Gasteiger partial charge in [-0.25, -0.2) is 0 Å². The van der Waals surface area contributed by atoms with Gasteiger partial charge in [0.1, 0.15) is 0 Å². The van der Waals surface area contributed by atoms with Gasteiger partial charge in [0.05, 0.1) is 24.9 Å². The summed E-state index contributed by atoms with van der Waals surface area (Å²) >= 11 is 0. The third kappa shape index (κ3) is 6.15. The summed E-state index contributed by atoms with van der Waals surface area (Å²) in [6.45, 7) is 7.47. The summed E-state index contributed by atoms with van der Waals surface area (Å²) in [6, 6.07) is 6.27. The van der Waals surface area contributed by atoms with Crippen molar-refractivity contribution in [3.8, 4) is 0 Å². The Bertz CT molecular complexity index is 622. The van der Waals surface area contributed by atoms with Crippen LogP contribution in [0.5, 0.6) is 0 Å². The number of hydrogen-bond acceptors (Lipinski definition) is 4. The summed E-state index contributed by atoms with van der Waals surface area (Å²) < 4.78 is 6.24.